The molecule has 0 spiro atoms. The lowest BCUT2D eigenvalue weighted by atomic mass is 10.0. The SMILES string of the molecule is CCCc1noc(CC(NCC)C(C)C)n1. The zero-order chi connectivity index (χ0) is 12.0. The Hall–Kier alpha value is -0.900. The van der Waals surface area contributed by atoms with Gasteiger partial charge in [0.1, 0.15) is 0 Å². The Kier molecular flexibility index (Phi) is 5.46. The molecule has 0 aromatic carbocycles. The van der Waals surface area contributed by atoms with E-state index in [-0.39, 0.29) is 0 Å². The molecule has 0 fully saturated rings. The summed E-state index contributed by atoms with van der Waals surface area (Å²) in [5, 5.41) is 7.41. The van der Waals surface area contributed by atoms with Crippen LogP contribution >= 0.6 is 0 Å². The molecule has 4 nitrogen and oxygen atoms in total. The normalized spacial score (nSPS) is 13.3. The fraction of sp³-hybridized carbons (Fsp3) is 0.833. The summed E-state index contributed by atoms with van der Waals surface area (Å²) in [7, 11) is 0. The van der Waals surface area contributed by atoms with Crippen LogP contribution in [0.3, 0.4) is 0 Å². The van der Waals surface area contributed by atoms with Gasteiger partial charge in [-0.2, -0.15) is 4.98 Å². The van der Waals surface area contributed by atoms with Crippen LogP contribution in [0.5, 0.6) is 0 Å². The van der Waals surface area contributed by atoms with Crippen molar-refractivity contribution in [3.8, 4) is 0 Å². The summed E-state index contributed by atoms with van der Waals surface area (Å²) in [4.78, 5) is 4.39. The first-order valence-electron chi connectivity index (χ1n) is 6.22. The highest BCUT2D eigenvalue weighted by Gasteiger charge is 2.16. The van der Waals surface area contributed by atoms with Crippen LogP contribution in [-0.2, 0) is 12.8 Å². The third-order valence-electron chi connectivity index (χ3n) is 2.65. The van der Waals surface area contributed by atoms with E-state index in [0.29, 0.717) is 12.0 Å². The molecule has 1 unspecified atom stereocenters. The number of aromatic nitrogens is 2. The summed E-state index contributed by atoms with van der Waals surface area (Å²) in [6, 6.07) is 0.417. The van der Waals surface area contributed by atoms with Crippen molar-refractivity contribution in [1.82, 2.24) is 15.5 Å². The minimum atomic E-state index is 0.417. The molecule has 1 heterocycles. The van der Waals surface area contributed by atoms with E-state index in [0.717, 1.165) is 37.5 Å². The molecular weight excluding hydrogens is 202 g/mol. The summed E-state index contributed by atoms with van der Waals surface area (Å²) in [5.74, 6) is 2.15. The van der Waals surface area contributed by atoms with Crippen molar-refractivity contribution >= 4 is 0 Å². The Morgan fingerprint density at radius 3 is 2.62 bits per heavy atom. The molecule has 4 heteroatoms. The van der Waals surface area contributed by atoms with Crippen molar-refractivity contribution in [2.45, 2.75) is 53.0 Å². The van der Waals surface area contributed by atoms with Gasteiger partial charge in [0, 0.05) is 18.9 Å². The second-order valence-corrected chi connectivity index (χ2v) is 4.47. The second-order valence-electron chi connectivity index (χ2n) is 4.47. The maximum absolute atomic E-state index is 5.24. The van der Waals surface area contributed by atoms with Crippen LogP contribution in [0.15, 0.2) is 4.52 Å². The lowest BCUT2D eigenvalue weighted by Gasteiger charge is -2.19. The van der Waals surface area contributed by atoms with Gasteiger partial charge in [0.2, 0.25) is 5.89 Å². The summed E-state index contributed by atoms with van der Waals surface area (Å²) < 4.78 is 5.24. The Labute approximate surface area is 97.8 Å². The van der Waals surface area contributed by atoms with E-state index in [1.165, 1.54) is 0 Å². The zero-order valence-electron chi connectivity index (χ0n) is 10.8. The van der Waals surface area contributed by atoms with Crippen LogP contribution in [-0.4, -0.2) is 22.7 Å². The van der Waals surface area contributed by atoms with Gasteiger partial charge < -0.3 is 9.84 Å². The van der Waals surface area contributed by atoms with Crippen molar-refractivity contribution < 1.29 is 4.52 Å². The summed E-state index contributed by atoms with van der Waals surface area (Å²) in [5.41, 5.74) is 0. The Morgan fingerprint density at radius 2 is 2.06 bits per heavy atom. The predicted octanol–water partition coefficient (Wildman–Crippen LogP) is 2.20. The smallest absolute Gasteiger partial charge is 0.228 e. The molecule has 1 N–H and O–H groups in total. The number of rotatable bonds is 7. The molecule has 1 rings (SSSR count). The summed E-state index contributed by atoms with van der Waals surface area (Å²) in [6.45, 7) is 9.61. The fourth-order valence-electron chi connectivity index (χ4n) is 1.69. The van der Waals surface area contributed by atoms with Crippen molar-refractivity contribution in [3.63, 3.8) is 0 Å². The summed E-state index contributed by atoms with van der Waals surface area (Å²) >= 11 is 0. The molecule has 0 radical (unpaired) electrons. The topological polar surface area (TPSA) is 51.0 Å². The van der Waals surface area contributed by atoms with Gasteiger partial charge in [0.15, 0.2) is 5.82 Å². The minimum absolute atomic E-state index is 0.417. The molecule has 1 aromatic heterocycles. The number of aryl methyl sites for hydroxylation is 1. The predicted molar refractivity (Wildman–Crippen MR) is 64.3 cm³/mol. The number of hydrogen-bond donors (Lipinski definition) is 1. The van der Waals surface area contributed by atoms with Crippen LogP contribution in [0.4, 0.5) is 0 Å². The fourth-order valence-corrected chi connectivity index (χ4v) is 1.69. The highest BCUT2D eigenvalue weighted by atomic mass is 16.5. The van der Waals surface area contributed by atoms with Gasteiger partial charge >= 0.3 is 0 Å². The third kappa shape index (κ3) is 3.93. The van der Waals surface area contributed by atoms with Gasteiger partial charge in [-0.15, -0.1) is 0 Å². The third-order valence-corrected chi connectivity index (χ3v) is 2.65. The molecule has 1 atom stereocenters. The van der Waals surface area contributed by atoms with Crippen molar-refractivity contribution in [1.29, 1.82) is 0 Å². The van der Waals surface area contributed by atoms with Crippen LogP contribution in [0.1, 0.15) is 45.8 Å². The van der Waals surface area contributed by atoms with Gasteiger partial charge in [0.05, 0.1) is 0 Å². The van der Waals surface area contributed by atoms with E-state index in [2.05, 4.69) is 43.2 Å². The van der Waals surface area contributed by atoms with E-state index >= 15 is 0 Å². The van der Waals surface area contributed by atoms with E-state index in [9.17, 15) is 0 Å². The van der Waals surface area contributed by atoms with Gasteiger partial charge in [-0.1, -0.05) is 32.9 Å². The number of nitrogens with zero attached hydrogens (tertiary/aromatic N) is 2. The summed E-state index contributed by atoms with van der Waals surface area (Å²) in [6.07, 6.45) is 2.78. The molecule has 16 heavy (non-hydrogen) atoms. The van der Waals surface area contributed by atoms with Crippen molar-refractivity contribution in [3.05, 3.63) is 11.7 Å². The molecule has 0 aliphatic heterocycles. The van der Waals surface area contributed by atoms with E-state index in [1.807, 2.05) is 0 Å². The van der Waals surface area contributed by atoms with E-state index in [4.69, 9.17) is 4.52 Å². The molecule has 0 aliphatic carbocycles. The lowest BCUT2D eigenvalue weighted by Crippen LogP contribution is -2.35. The van der Waals surface area contributed by atoms with E-state index in [1.54, 1.807) is 0 Å². The van der Waals surface area contributed by atoms with Gasteiger partial charge in [0.25, 0.3) is 0 Å². The maximum atomic E-state index is 5.24. The highest BCUT2D eigenvalue weighted by Crippen LogP contribution is 2.09. The van der Waals surface area contributed by atoms with Crippen LogP contribution in [0.25, 0.3) is 0 Å². The second kappa shape index (κ2) is 6.63. The molecule has 0 saturated carbocycles. The first-order chi connectivity index (χ1) is 7.67. The molecule has 0 amide bonds. The van der Waals surface area contributed by atoms with Crippen molar-refractivity contribution in [2.75, 3.05) is 6.54 Å². The molecule has 0 bridgehead atoms. The molecule has 0 saturated heterocycles. The number of nitrogens with one attached hydrogen (secondary N) is 1. The first kappa shape index (κ1) is 13.2. The monoisotopic (exact) mass is 225 g/mol. The Bertz CT molecular complexity index is 296. The van der Waals surface area contributed by atoms with Crippen molar-refractivity contribution in [2.24, 2.45) is 5.92 Å². The lowest BCUT2D eigenvalue weighted by molar-refractivity contribution is 0.327. The van der Waals surface area contributed by atoms with Crippen LogP contribution in [0, 0.1) is 5.92 Å². The van der Waals surface area contributed by atoms with Gasteiger partial charge in [-0.3, -0.25) is 0 Å². The molecular formula is C12H23N3O. The Balaban J connectivity index is 2.55. The van der Waals surface area contributed by atoms with E-state index < -0.39 is 0 Å². The standard InChI is InChI=1S/C12H23N3O/c1-5-7-11-14-12(16-15-11)8-10(9(3)4)13-6-2/h9-10,13H,5-8H2,1-4H3. The molecule has 0 aliphatic rings. The Morgan fingerprint density at radius 1 is 1.31 bits per heavy atom. The largest absolute Gasteiger partial charge is 0.339 e. The van der Waals surface area contributed by atoms with Crippen LogP contribution in [0.2, 0.25) is 0 Å². The zero-order valence-corrected chi connectivity index (χ0v) is 10.8. The van der Waals surface area contributed by atoms with Gasteiger partial charge in [-0.05, 0) is 18.9 Å². The average molecular weight is 225 g/mol. The van der Waals surface area contributed by atoms with Gasteiger partial charge in [-0.25, -0.2) is 0 Å². The average Bonchev–Trinajstić information content (AvgIpc) is 2.65. The quantitative estimate of drug-likeness (QED) is 0.773. The highest BCUT2D eigenvalue weighted by molar-refractivity contribution is 4.90. The first-order valence-corrected chi connectivity index (χ1v) is 6.22. The number of hydrogen-bond acceptors (Lipinski definition) is 4. The maximum Gasteiger partial charge on any atom is 0.228 e. The molecule has 1 aromatic rings. The molecule has 92 valence electrons. The number of likely N-dealkylation sites (N-methyl/N-ethyl adjacent to an activating group) is 1. The van der Waals surface area contributed by atoms with Crippen LogP contribution < -0.4 is 5.32 Å². The minimum Gasteiger partial charge on any atom is -0.339 e.